The van der Waals surface area contributed by atoms with Crippen LogP contribution in [0.15, 0.2) is 48.5 Å². The minimum Gasteiger partial charge on any atom is -0.497 e. The number of carbonyl (C=O) groups excluding carboxylic acids is 1. The summed E-state index contributed by atoms with van der Waals surface area (Å²) in [6.07, 6.45) is 1.87. The Kier molecular flexibility index (Phi) is 4.94. The molecule has 140 valence electrons. The van der Waals surface area contributed by atoms with E-state index < -0.39 is 0 Å². The van der Waals surface area contributed by atoms with Crippen molar-refractivity contribution in [3.8, 4) is 5.75 Å². The molecule has 1 aliphatic heterocycles. The Labute approximate surface area is 163 Å². The second kappa shape index (κ2) is 7.53. The maximum atomic E-state index is 12.5. The van der Waals surface area contributed by atoms with Gasteiger partial charge in [-0.15, -0.1) is 0 Å². The Balaban J connectivity index is 1.38. The molecule has 0 saturated carbocycles. The van der Waals surface area contributed by atoms with E-state index in [1.54, 1.807) is 7.11 Å². The van der Waals surface area contributed by atoms with Crippen molar-refractivity contribution in [2.45, 2.75) is 18.8 Å². The topological polar surface area (TPSA) is 57.4 Å². The number of aromatic amines is 1. The lowest BCUT2D eigenvalue weighted by Gasteiger charge is -2.31. The van der Waals surface area contributed by atoms with E-state index in [4.69, 9.17) is 16.3 Å². The van der Waals surface area contributed by atoms with Crippen LogP contribution in [0, 0.1) is 0 Å². The van der Waals surface area contributed by atoms with Crippen molar-refractivity contribution >= 4 is 34.2 Å². The number of rotatable bonds is 3. The molecule has 2 N–H and O–H groups in total. The van der Waals surface area contributed by atoms with Crippen molar-refractivity contribution < 1.29 is 9.53 Å². The molecule has 2 heterocycles. The number of hydrogen-bond donors (Lipinski definition) is 2. The molecule has 1 saturated heterocycles. The van der Waals surface area contributed by atoms with Gasteiger partial charge in [-0.1, -0.05) is 17.7 Å². The number of urea groups is 1. The Morgan fingerprint density at radius 1 is 1.19 bits per heavy atom. The van der Waals surface area contributed by atoms with Crippen LogP contribution in [-0.4, -0.2) is 36.1 Å². The average molecular weight is 384 g/mol. The smallest absolute Gasteiger partial charge is 0.321 e. The van der Waals surface area contributed by atoms with Crippen LogP contribution in [0.1, 0.15) is 24.5 Å². The molecule has 1 aromatic heterocycles. The normalized spacial score (nSPS) is 15.1. The van der Waals surface area contributed by atoms with Gasteiger partial charge < -0.3 is 19.9 Å². The third-order valence-electron chi connectivity index (χ3n) is 5.15. The van der Waals surface area contributed by atoms with Gasteiger partial charge in [0.25, 0.3) is 0 Å². The van der Waals surface area contributed by atoms with Crippen molar-refractivity contribution in [1.29, 1.82) is 0 Å². The fourth-order valence-corrected chi connectivity index (χ4v) is 3.82. The van der Waals surface area contributed by atoms with Gasteiger partial charge in [0.15, 0.2) is 0 Å². The number of halogens is 1. The molecule has 0 bridgehead atoms. The predicted molar refractivity (Wildman–Crippen MR) is 109 cm³/mol. The SMILES string of the molecule is COc1cccc(NC(=O)N2CCC(c3cc4cc(Cl)ccc4[nH]3)CC2)c1. The molecule has 5 nitrogen and oxygen atoms in total. The minimum absolute atomic E-state index is 0.0647. The first-order chi connectivity index (χ1) is 13.1. The van der Waals surface area contributed by atoms with E-state index in [1.807, 2.05) is 47.4 Å². The van der Waals surface area contributed by atoms with E-state index in [1.165, 1.54) is 5.69 Å². The summed E-state index contributed by atoms with van der Waals surface area (Å²) in [5, 5.41) is 4.84. The van der Waals surface area contributed by atoms with Crippen LogP contribution in [0.25, 0.3) is 10.9 Å². The number of nitrogens with zero attached hydrogens (tertiary/aromatic N) is 1. The second-order valence-electron chi connectivity index (χ2n) is 6.88. The van der Waals surface area contributed by atoms with Crippen molar-refractivity contribution in [1.82, 2.24) is 9.88 Å². The summed E-state index contributed by atoms with van der Waals surface area (Å²) in [6, 6.07) is 15.4. The maximum Gasteiger partial charge on any atom is 0.321 e. The fourth-order valence-electron chi connectivity index (χ4n) is 3.64. The van der Waals surface area contributed by atoms with Crippen molar-refractivity contribution in [3.63, 3.8) is 0 Å². The number of carbonyl (C=O) groups is 1. The number of fused-ring (bicyclic) bond motifs is 1. The highest BCUT2D eigenvalue weighted by Crippen LogP contribution is 2.31. The van der Waals surface area contributed by atoms with Crippen LogP contribution in [0.4, 0.5) is 10.5 Å². The maximum absolute atomic E-state index is 12.5. The number of amides is 2. The van der Waals surface area contributed by atoms with Crippen LogP contribution in [0.3, 0.4) is 0 Å². The Bertz CT molecular complexity index is 961. The number of H-pyrrole nitrogens is 1. The predicted octanol–water partition coefficient (Wildman–Crippen LogP) is 5.24. The summed E-state index contributed by atoms with van der Waals surface area (Å²) in [6.45, 7) is 1.47. The van der Waals surface area contributed by atoms with E-state index in [-0.39, 0.29) is 6.03 Å². The largest absolute Gasteiger partial charge is 0.497 e. The van der Waals surface area contributed by atoms with Gasteiger partial charge in [0.2, 0.25) is 0 Å². The molecule has 4 rings (SSSR count). The number of ether oxygens (including phenoxy) is 1. The van der Waals surface area contributed by atoms with E-state index in [0.717, 1.165) is 53.3 Å². The molecule has 1 aliphatic rings. The zero-order chi connectivity index (χ0) is 18.8. The molecule has 1 fully saturated rings. The molecule has 2 amide bonds. The Morgan fingerprint density at radius 3 is 2.78 bits per heavy atom. The number of likely N-dealkylation sites (tertiary alicyclic amines) is 1. The molecular weight excluding hydrogens is 362 g/mol. The van der Waals surface area contributed by atoms with Gasteiger partial charge in [-0.25, -0.2) is 4.79 Å². The number of piperidine rings is 1. The van der Waals surface area contributed by atoms with Crippen LogP contribution >= 0.6 is 11.6 Å². The first-order valence-electron chi connectivity index (χ1n) is 9.10. The number of methoxy groups -OCH3 is 1. The van der Waals surface area contributed by atoms with Crippen LogP contribution in [0.2, 0.25) is 5.02 Å². The number of hydrogen-bond acceptors (Lipinski definition) is 2. The number of aromatic nitrogens is 1. The van der Waals surface area contributed by atoms with E-state index in [0.29, 0.717) is 5.92 Å². The van der Waals surface area contributed by atoms with Gasteiger partial charge in [0, 0.05) is 52.4 Å². The van der Waals surface area contributed by atoms with Gasteiger partial charge >= 0.3 is 6.03 Å². The molecule has 0 spiro atoms. The Hall–Kier alpha value is -2.66. The fraction of sp³-hybridized carbons (Fsp3) is 0.286. The van der Waals surface area contributed by atoms with Crippen LogP contribution in [0.5, 0.6) is 5.75 Å². The molecular formula is C21H22ClN3O2. The Morgan fingerprint density at radius 2 is 2.00 bits per heavy atom. The molecule has 0 unspecified atom stereocenters. The van der Waals surface area contributed by atoms with E-state index in [9.17, 15) is 4.79 Å². The molecule has 0 atom stereocenters. The van der Waals surface area contributed by atoms with Crippen molar-refractivity contribution in [3.05, 3.63) is 59.2 Å². The number of nitrogens with one attached hydrogen (secondary N) is 2. The third-order valence-corrected chi connectivity index (χ3v) is 5.38. The molecule has 2 aromatic carbocycles. The molecule has 27 heavy (non-hydrogen) atoms. The first kappa shape index (κ1) is 17.7. The quantitative estimate of drug-likeness (QED) is 0.649. The minimum atomic E-state index is -0.0647. The molecule has 6 heteroatoms. The van der Waals surface area contributed by atoms with Gasteiger partial charge in [0.05, 0.1) is 7.11 Å². The lowest BCUT2D eigenvalue weighted by molar-refractivity contribution is 0.194. The van der Waals surface area contributed by atoms with Crippen molar-refractivity contribution in [2.24, 2.45) is 0 Å². The van der Waals surface area contributed by atoms with E-state index >= 15 is 0 Å². The summed E-state index contributed by atoms with van der Waals surface area (Å²) in [5.74, 6) is 1.16. The molecule has 0 radical (unpaired) electrons. The van der Waals surface area contributed by atoms with E-state index in [2.05, 4.69) is 16.4 Å². The highest BCUT2D eigenvalue weighted by atomic mass is 35.5. The highest BCUT2D eigenvalue weighted by molar-refractivity contribution is 6.31. The number of benzene rings is 2. The summed E-state index contributed by atoms with van der Waals surface area (Å²) in [5.41, 5.74) is 3.07. The monoisotopic (exact) mass is 383 g/mol. The molecule has 0 aliphatic carbocycles. The lowest BCUT2D eigenvalue weighted by atomic mass is 9.94. The lowest BCUT2D eigenvalue weighted by Crippen LogP contribution is -2.40. The standard InChI is InChI=1S/C21H22ClN3O2/c1-27-18-4-2-3-17(13-18)23-21(26)25-9-7-14(8-10-25)20-12-15-11-16(22)5-6-19(15)24-20/h2-6,11-14,24H,7-10H2,1H3,(H,23,26). The van der Waals surface area contributed by atoms with Gasteiger partial charge in [0.1, 0.15) is 5.75 Å². The first-order valence-corrected chi connectivity index (χ1v) is 9.48. The van der Waals surface area contributed by atoms with Crippen LogP contribution < -0.4 is 10.1 Å². The molecule has 3 aromatic rings. The van der Waals surface area contributed by atoms with Gasteiger partial charge in [-0.05, 0) is 49.2 Å². The number of anilines is 1. The second-order valence-corrected chi connectivity index (χ2v) is 7.32. The zero-order valence-corrected chi connectivity index (χ0v) is 15.9. The summed E-state index contributed by atoms with van der Waals surface area (Å²) in [7, 11) is 1.61. The summed E-state index contributed by atoms with van der Waals surface area (Å²) >= 11 is 6.08. The van der Waals surface area contributed by atoms with Crippen molar-refractivity contribution in [2.75, 3.05) is 25.5 Å². The van der Waals surface area contributed by atoms with Gasteiger partial charge in [-0.3, -0.25) is 0 Å². The highest BCUT2D eigenvalue weighted by Gasteiger charge is 2.25. The average Bonchev–Trinajstić information content (AvgIpc) is 3.11. The summed E-state index contributed by atoms with van der Waals surface area (Å²) < 4.78 is 5.20. The van der Waals surface area contributed by atoms with Gasteiger partial charge in [-0.2, -0.15) is 0 Å². The zero-order valence-electron chi connectivity index (χ0n) is 15.2. The third kappa shape index (κ3) is 3.88. The summed E-state index contributed by atoms with van der Waals surface area (Å²) in [4.78, 5) is 17.9. The van der Waals surface area contributed by atoms with Crippen LogP contribution in [-0.2, 0) is 0 Å².